The second-order valence-electron chi connectivity index (χ2n) is 10.3. The van der Waals surface area contributed by atoms with Gasteiger partial charge in [-0.2, -0.15) is 0 Å². The van der Waals surface area contributed by atoms with Gasteiger partial charge in [-0.25, -0.2) is 9.59 Å². The van der Waals surface area contributed by atoms with Gasteiger partial charge >= 0.3 is 17.9 Å². The van der Waals surface area contributed by atoms with Crippen molar-refractivity contribution in [1.82, 2.24) is 0 Å². The summed E-state index contributed by atoms with van der Waals surface area (Å²) < 4.78 is 26.4. The van der Waals surface area contributed by atoms with Crippen molar-refractivity contribution in [2.45, 2.75) is 75.2 Å². The Balaban J connectivity index is 1.23. The molecule has 0 bridgehead atoms. The summed E-state index contributed by atoms with van der Waals surface area (Å²) in [6, 6.07) is 13.8. The van der Waals surface area contributed by atoms with Crippen molar-refractivity contribution in [3.63, 3.8) is 0 Å². The fourth-order valence-corrected chi connectivity index (χ4v) is 5.14. The topological polar surface area (TPSA) is 114 Å². The fraction of sp³-hybridized carbons (Fsp3) is 0.412. The number of carbonyl (C=O) groups is 4. The van der Waals surface area contributed by atoms with E-state index >= 15 is 0 Å². The highest BCUT2D eigenvalue weighted by molar-refractivity contribution is 8.14. The van der Waals surface area contributed by atoms with Crippen molar-refractivity contribution < 1.29 is 42.9 Å². The fourth-order valence-electron chi connectivity index (χ4n) is 4.40. The number of benzene rings is 2. The molecule has 0 N–H and O–H groups in total. The molecule has 0 aromatic heterocycles. The Morgan fingerprint density at radius 3 is 2.11 bits per heavy atom. The van der Waals surface area contributed by atoms with E-state index < -0.39 is 17.9 Å². The van der Waals surface area contributed by atoms with Crippen LogP contribution in [0.5, 0.6) is 11.5 Å². The van der Waals surface area contributed by atoms with Crippen LogP contribution in [0.2, 0.25) is 0 Å². The van der Waals surface area contributed by atoms with Crippen molar-refractivity contribution in [1.29, 1.82) is 0 Å². The molecule has 0 saturated heterocycles. The van der Waals surface area contributed by atoms with Gasteiger partial charge in [0.1, 0.15) is 17.6 Å². The van der Waals surface area contributed by atoms with E-state index in [1.807, 2.05) is 0 Å². The Morgan fingerprint density at radius 2 is 1.43 bits per heavy atom. The molecule has 0 spiro atoms. The number of thioether (sulfide) groups is 1. The van der Waals surface area contributed by atoms with E-state index in [9.17, 15) is 19.2 Å². The van der Waals surface area contributed by atoms with Crippen molar-refractivity contribution in [2.24, 2.45) is 0 Å². The summed E-state index contributed by atoms with van der Waals surface area (Å²) in [7, 11) is 0. The first kappa shape index (κ1) is 34.4. The Hall–Kier alpha value is -4.05. The van der Waals surface area contributed by atoms with Gasteiger partial charge in [0, 0.05) is 16.0 Å². The molecular weight excluding hydrogens is 584 g/mol. The summed E-state index contributed by atoms with van der Waals surface area (Å²) in [5, 5.41) is -0.108. The van der Waals surface area contributed by atoms with Crippen LogP contribution < -0.4 is 9.47 Å². The summed E-state index contributed by atoms with van der Waals surface area (Å²) >= 11 is 1.09. The van der Waals surface area contributed by atoms with Gasteiger partial charge in [-0.15, -0.1) is 0 Å². The summed E-state index contributed by atoms with van der Waals surface area (Å²) in [4.78, 5) is 48.9. The van der Waals surface area contributed by atoms with Crippen LogP contribution in [0.3, 0.4) is 0 Å². The van der Waals surface area contributed by atoms with Gasteiger partial charge in [0.05, 0.1) is 25.9 Å². The molecule has 1 saturated carbocycles. The third kappa shape index (κ3) is 13.1. The summed E-state index contributed by atoms with van der Waals surface area (Å²) in [6.45, 7) is 7.56. The zero-order chi connectivity index (χ0) is 31.6. The van der Waals surface area contributed by atoms with Crippen LogP contribution in [0.4, 0.5) is 0 Å². The summed E-state index contributed by atoms with van der Waals surface area (Å²) in [5.74, 6) is -0.357. The zero-order valence-corrected chi connectivity index (χ0v) is 25.8. The minimum Gasteiger partial charge on any atom is -0.494 e. The first-order valence-electron chi connectivity index (χ1n) is 14.9. The number of esters is 3. The minimum atomic E-state index is -0.554. The van der Waals surface area contributed by atoms with Crippen LogP contribution >= 0.6 is 11.8 Å². The summed E-state index contributed by atoms with van der Waals surface area (Å²) in [5.41, 5.74) is 0.671. The number of hydrogen-bond donors (Lipinski definition) is 0. The molecule has 0 amide bonds. The Morgan fingerprint density at radius 1 is 0.795 bits per heavy atom. The van der Waals surface area contributed by atoms with Crippen LogP contribution in [0.25, 0.3) is 0 Å². The van der Waals surface area contributed by atoms with Crippen LogP contribution in [0, 0.1) is 0 Å². The maximum atomic E-state index is 12.6. The van der Waals surface area contributed by atoms with Crippen LogP contribution in [-0.4, -0.2) is 48.9 Å². The van der Waals surface area contributed by atoms with E-state index in [-0.39, 0.29) is 36.4 Å². The lowest BCUT2D eigenvalue weighted by Crippen LogP contribution is -2.22. The van der Waals surface area contributed by atoms with Crippen molar-refractivity contribution in [2.75, 3.05) is 19.8 Å². The number of hydrogen-bond acceptors (Lipinski definition) is 10. The van der Waals surface area contributed by atoms with Gasteiger partial charge in [0.2, 0.25) is 5.12 Å². The highest BCUT2D eigenvalue weighted by Gasteiger charge is 2.20. The molecule has 10 heteroatoms. The highest BCUT2D eigenvalue weighted by atomic mass is 32.2. The van der Waals surface area contributed by atoms with Crippen molar-refractivity contribution in [3.05, 3.63) is 79.1 Å². The van der Waals surface area contributed by atoms with Crippen LogP contribution in [0.15, 0.2) is 78.4 Å². The lowest BCUT2D eigenvalue weighted by Gasteiger charge is -2.21. The molecule has 2 aromatic carbocycles. The predicted molar refractivity (Wildman–Crippen MR) is 166 cm³/mol. The van der Waals surface area contributed by atoms with E-state index in [0.717, 1.165) is 67.9 Å². The molecule has 0 unspecified atom stereocenters. The third-order valence-electron chi connectivity index (χ3n) is 6.73. The normalized spacial score (nSPS) is 12.9. The second kappa shape index (κ2) is 19.3. The van der Waals surface area contributed by atoms with Gasteiger partial charge in [-0.1, -0.05) is 19.6 Å². The highest BCUT2D eigenvalue weighted by Crippen LogP contribution is 2.26. The maximum Gasteiger partial charge on any atom is 0.348 e. The molecular formula is C34H40O9S. The van der Waals surface area contributed by atoms with Gasteiger partial charge in [-0.3, -0.25) is 9.59 Å². The summed E-state index contributed by atoms with van der Waals surface area (Å²) in [6.07, 6.45) is 9.26. The monoisotopic (exact) mass is 624 g/mol. The largest absolute Gasteiger partial charge is 0.494 e. The molecule has 1 aliphatic carbocycles. The van der Waals surface area contributed by atoms with Crippen LogP contribution in [-0.2, 0) is 28.6 Å². The second-order valence-corrected chi connectivity index (χ2v) is 11.3. The molecule has 0 heterocycles. The maximum absolute atomic E-state index is 12.6. The molecule has 0 aliphatic heterocycles. The lowest BCUT2D eigenvalue weighted by molar-refractivity contribution is -0.151. The van der Waals surface area contributed by atoms with Crippen molar-refractivity contribution in [3.8, 4) is 11.5 Å². The molecule has 1 fully saturated rings. The predicted octanol–water partition coefficient (Wildman–Crippen LogP) is 6.99. The smallest absolute Gasteiger partial charge is 0.348 e. The first-order chi connectivity index (χ1) is 21.3. The van der Waals surface area contributed by atoms with Gasteiger partial charge in [0.25, 0.3) is 0 Å². The lowest BCUT2D eigenvalue weighted by atomic mass is 9.98. The Bertz CT molecular complexity index is 1250. The molecule has 3 rings (SSSR count). The molecule has 236 valence electrons. The standard InChI is InChI=1S/C34H40O9S/c1-3-39-32(36)24-42-28-17-19-30(20-18-28)44-34(38)26-13-15-27(16-14-26)40-21-9-4-5-10-22-41-33(37)25(2)23-31(35)43-29-11-7-6-8-12-29/h3,13-20,29H,1-2,4-12,21-24H2. The van der Waals surface area contributed by atoms with E-state index in [0.29, 0.717) is 30.1 Å². The average molecular weight is 625 g/mol. The van der Waals surface area contributed by atoms with Crippen molar-refractivity contribution >= 4 is 34.8 Å². The SMILES string of the molecule is C=COC(=O)COc1ccc(SC(=O)c2ccc(OCCCCCCOC(=O)C(=C)CC(=O)OC3CCCCC3)cc2)cc1. The molecule has 0 atom stereocenters. The molecule has 44 heavy (non-hydrogen) atoms. The van der Waals surface area contributed by atoms with E-state index in [4.69, 9.17) is 18.9 Å². The molecule has 2 aromatic rings. The minimum absolute atomic E-state index is 0.0425. The number of ether oxygens (including phenoxy) is 5. The molecule has 0 radical (unpaired) electrons. The Kier molecular flexibility index (Phi) is 15.1. The Labute approximate surface area is 262 Å². The average Bonchev–Trinajstić information content (AvgIpc) is 3.02. The van der Waals surface area contributed by atoms with E-state index in [1.165, 1.54) is 6.42 Å². The number of rotatable bonds is 18. The third-order valence-corrected chi connectivity index (χ3v) is 7.66. The zero-order valence-electron chi connectivity index (χ0n) is 25.0. The quantitative estimate of drug-likeness (QED) is 0.0429. The van der Waals surface area contributed by atoms with E-state index in [1.54, 1.807) is 48.5 Å². The first-order valence-corrected chi connectivity index (χ1v) is 15.7. The van der Waals surface area contributed by atoms with Gasteiger partial charge < -0.3 is 23.7 Å². The number of unbranched alkanes of at least 4 members (excludes halogenated alkanes) is 3. The number of carbonyl (C=O) groups excluding carboxylic acids is 4. The van der Waals surface area contributed by atoms with E-state index in [2.05, 4.69) is 17.9 Å². The van der Waals surface area contributed by atoms with Gasteiger partial charge in [-0.05, 0) is 112 Å². The molecule has 1 aliphatic rings. The molecule has 9 nitrogen and oxygen atoms in total. The van der Waals surface area contributed by atoms with Crippen LogP contribution in [0.1, 0.15) is 74.6 Å². The van der Waals surface area contributed by atoms with Gasteiger partial charge in [0.15, 0.2) is 6.61 Å².